The van der Waals surface area contributed by atoms with Gasteiger partial charge in [0.15, 0.2) is 0 Å². The number of nitrogens with one attached hydrogen (secondary N) is 3. The van der Waals surface area contributed by atoms with Crippen molar-refractivity contribution >= 4 is 12.1 Å². The van der Waals surface area contributed by atoms with E-state index in [9.17, 15) is 4.79 Å². The fraction of sp³-hybridized carbons (Fsp3) is 0.304. The monoisotopic (exact) mass is 407 g/mol. The van der Waals surface area contributed by atoms with Crippen LogP contribution >= 0.6 is 0 Å². The number of carbonyl (C=O) groups excluding carboxylic acids is 1. The molecule has 0 saturated carbocycles. The first kappa shape index (κ1) is 21.5. The second-order valence-corrected chi connectivity index (χ2v) is 7.31. The fourth-order valence-corrected chi connectivity index (χ4v) is 3.17. The largest absolute Gasteiger partial charge is 0.490 e. The van der Waals surface area contributed by atoms with Crippen molar-refractivity contribution in [3.8, 4) is 16.9 Å². The number of benzene rings is 2. The molecular formula is C23H29N5O2. The van der Waals surface area contributed by atoms with Crippen molar-refractivity contribution in [3.05, 3.63) is 66.0 Å². The Labute approximate surface area is 177 Å². The minimum Gasteiger partial charge on any atom is -0.490 e. The van der Waals surface area contributed by atoms with E-state index < -0.39 is 0 Å². The number of amides is 1. The first-order valence-electron chi connectivity index (χ1n) is 10.1. The van der Waals surface area contributed by atoms with Crippen LogP contribution in [0, 0.1) is 0 Å². The lowest BCUT2D eigenvalue weighted by atomic mass is 10.0. The number of carbonyl (C=O) groups is 1. The second-order valence-electron chi connectivity index (χ2n) is 7.31. The Morgan fingerprint density at radius 1 is 1.17 bits per heavy atom. The second kappa shape index (κ2) is 11.1. The Morgan fingerprint density at radius 3 is 2.70 bits per heavy atom. The van der Waals surface area contributed by atoms with Gasteiger partial charge in [-0.3, -0.25) is 9.89 Å². The van der Waals surface area contributed by atoms with E-state index in [2.05, 4.69) is 45.1 Å². The van der Waals surface area contributed by atoms with Gasteiger partial charge in [-0.1, -0.05) is 30.3 Å². The van der Waals surface area contributed by atoms with Crippen LogP contribution in [0.4, 0.5) is 5.69 Å². The highest BCUT2D eigenvalue weighted by Gasteiger charge is 2.08. The van der Waals surface area contributed by atoms with Gasteiger partial charge >= 0.3 is 0 Å². The normalized spacial score (nSPS) is 12.5. The minimum atomic E-state index is 0.551. The van der Waals surface area contributed by atoms with Crippen LogP contribution in [-0.4, -0.2) is 55.3 Å². The van der Waals surface area contributed by atoms with Crippen molar-refractivity contribution in [2.24, 2.45) is 0 Å². The van der Waals surface area contributed by atoms with Crippen LogP contribution in [0.1, 0.15) is 11.1 Å². The summed E-state index contributed by atoms with van der Waals surface area (Å²) in [6.45, 7) is 3.54. The number of hydrogen-bond donors (Lipinski definition) is 3. The molecule has 7 nitrogen and oxygen atoms in total. The number of aromatic amines is 1. The molecule has 158 valence electrons. The predicted molar refractivity (Wildman–Crippen MR) is 120 cm³/mol. The smallest absolute Gasteiger partial charge is 0.211 e. The van der Waals surface area contributed by atoms with Crippen LogP contribution in [0.5, 0.6) is 5.75 Å². The summed E-state index contributed by atoms with van der Waals surface area (Å²) in [5.41, 5.74) is 5.59. The van der Waals surface area contributed by atoms with Gasteiger partial charge in [-0.05, 0) is 55.9 Å². The summed E-state index contributed by atoms with van der Waals surface area (Å²) in [6.07, 6.45) is 5.39. The molecule has 3 aromatic rings. The zero-order valence-corrected chi connectivity index (χ0v) is 17.5. The van der Waals surface area contributed by atoms with Crippen LogP contribution in [0.2, 0.25) is 0 Å². The molecule has 1 aromatic heterocycles. The average Bonchev–Trinajstić information content (AvgIpc) is 3.30. The number of ether oxygens (including phenoxy) is 1. The van der Waals surface area contributed by atoms with Gasteiger partial charge in [0.2, 0.25) is 6.41 Å². The maximum absolute atomic E-state index is 10.6. The molecule has 30 heavy (non-hydrogen) atoms. The molecule has 7 heteroatoms. The highest BCUT2D eigenvalue weighted by molar-refractivity contribution is 5.78. The van der Waals surface area contributed by atoms with Gasteiger partial charge in [0.05, 0.1) is 11.9 Å². The van der Waals surface area contributed by atoms with Crippen LogP contribution in [0.3, 0.4) is 0 Å². The Morgan fingerprint density at radius 2 is 2.00 bits per heavy atom. The van der Waals surface area contributed by atoms with Crippen LogP contribution in [-0.2, 0) is 17.8 Å². The Kier molecular flexibility index (Phi) is 8.00. The first-order valence-corrected chi connectivity index (χ1v) is 10.1. The van der Waals surface area contributed by atoms with E-state index in [1.165, 1.54) is 17.5 Å². The molecule has 0 unspecified atom stereocenters. The number of nitrogens with zero attached hydrogens (tertiary/aromatic N) is 2. The zero-order valence-electron chi connectivity index (χ0n) is 17.5. The van der Waals surface area contributed by atoms with Crippen molar-refractivity contribution in [1.29, 1.82) is 0 Å². The van der Waals surface area contributed by atoms with E-state index in [4.69, 9.17) is 4.74 Å². The van der Waals surface area contributed by atoms with E-state index >= 15 is 0 Å². The van der Waals surface area contributed by atoms with Gasteiger partial charge in [-0.15, -0.1) is 0 Å². The van der Waals surface area contributed by atoms with E-state index in [-0.39, 0.29) is 0 Å². The highest BCUT2D eigenvalue weighted by Crippen LogP contribution is 2.30. The summed E-state index contributed by atoms with van der Waals surface area (Å²) in [5.74, 6) is 0.651. The van der Waals surface area contributed by atoms with Crippen molar-refractivity contribution in [2.75, 3.05) is 39.1 Å². The molecular weight excluding hydrogens is 378 g/mol. The SMILES string of the molecule is CN(C)CCOc1cc(-c2cn[nH]c2)ccc1NC=O.c1ccc2c(c1)CCNC2. The quantitative estimate of drug-likeness (QED) is 0.525. The third-order valence-corrected chi connectivity index (χ3v) is 4.83. The van der Waals surface area contributed by atoms with E-state index in [1.807, 2.05) is 43.4 Å². The zero-order chi connectivity index (χ0) is 21.2. The summed E-state index contributed by atoms with van der Waals surface area (Å²) >= 11 is 0. The lowest BCUT2D eigenvalue weighted by molar-refractivity contribution is -0.105. The molecule has 0 radical (unpaired) electrons. The number of aromatic nitrogens is 2. The van der Waals surface area contributed by atoms with Crippen LogP contribution in [0.25, 0.3) is 11.1 Å². The maximum Gasteiger partial charge on any atom is 0.211 e. The van der Waals surface area contributed by atoms with Crippen molar-refractivity contribution in [3.63, 3.8) is 0 Å². The summed E-state index contributed by atoms with van der Waals surface area (Å²) in [4.78, 5) is 12.7. The number of fused-ring (bicyclic) bond motifs is 1. The third kappa shape index (κ3) is 6.17. The van der Waals surface area contributed by atoms with E-state index in [0.29, 0.717) is 24.5 Å². The molecule has 0 fully saturated rings. The number of anilines is 1. The lowest BCUT2D eigenvalue weighted by Gasteiger charge is -2.15. The first-order chi connectivity index (χ1) is 14.7. The maximum atomic E-state index is 10.6. The summed E-state index contributed by atoms with van der Waals surface area (Å²) < 4.78 is 5.75. The molecule has 2 aromatic carbocycles. The topological polar surface area (TPSA) is 82.3 Å². The number of likely N-dealkylation sites (N-methyl/N-ethyl adjacent to an activating group) is 1. The standard InChI is InChI=1S/C14H18N4O2.C9H11N/c1-18(2)5-6-20-14-7-11(12-8-16-17-9-12)3-4-13(14)15-10-19;1-2-4-9-7-10-6-5-8(9)3-1/h3-4,7-10H,5-6H2,1-2H3,(H,15,19)(H,16,17);1-4,10H,5-7H2. The van der Waals surface area contributed by atoms with Crippen molar-refractivity contribution < 1.29 is 9.53 Å². The molecule has 2 heterocycles. The molecule has 0 atom stereocenters. The Balaban J connectivity index is 0.000000212. The molecule has 3 N–H and O–H groups in total. The predicted octanol–water partition coefficient (Wildman–Crippen LogP) is 2.92. The van der Waals surface area contributed by atoms with Gasteiger partial charge < -0.3 is 20.3 Å². The highest BCUT2D eigenvalue weighted by atomic mass is 16.5. The molecule has 0 bridgehead atoms. The van der Waals surface area contributed by atoms with Gasteiger partial charge in [-0.2, -0.15) is 5.10 Å². The molecule has 1 amide bonds. The fourth-order valence-electron chi connectivity index (χ4n) is 3.17. The molecule has 1 aliphatic rings. The molecule has 4 rings (SSSR count). The summed E-state index contributed by atoms with van der Waals surface area (Å²) in [6, 6.07) is 14.3. The van der Waals surface area contributed by atoms with Crippen LogP contribution < -0.4 is 15.4 Å². The van der Waals surface area contributed by atoms with Gasteiger partial charge in [0, 0.05) is 24.8 Å². The third-order valence-electron chi connectivity index (χ3n) is 4.83. The molecule has 0 aliphatic carbocycles. The van der Waals surface area contributed by atoms with E-state index in [0.717, 1.165) is 30.8 Å². The van der Waals surface area contributed by atoms with Gasteiger partial charge in [0.1, 0.15) is 12.4 Å². The summed E-state index contributed by atoms with van der Waals surface area (Å²) in [5, 5.41) is 12.7. The number of H-pyrrole nitrogens is 1. The minimum absolute atomic E-state index is 0.551. The van der Waals surface area contributed by atoms with Crippen LogP contribution in [0.15, 0.2) is 54.9 Å². The van der Waals surface area contributed by atoms with Crippen molar-refractivity contribution in [2.45, 2.75) is 13.0 Å². The molecule has 0 saturated heterocycles. The molecule has 1 aliphatic heterocycles. The van der Waals surface area contributed by atoms with E-state index in [1.54, 1.807) is 6.20 Å². The van der Waals surface area contributed by atoms with Crippen molar-refractivity contribution in [1.82, 2.24) is 20.4 Å². The number of rotatable bonds is 7. The molecule has 0 spiro atoms. The average molecular weight is 408 g/mol. The lowest BCUT2D eigenvalue weighted by Crippen LogP contribution is -2.23. The van der Waals surface area contributed by atoms with Gasteiger partial charge in [0.25, 0.3) is 0 Å². The summed E-state index contributed by atoms with van der Waals surface area (Å²) in [7, 11) is 3.96. The van der Waals surface area contributed by atoms with Gasteiger partial charge in [-0.25, -0.2) is 0 Å². The Hall–Kier alpha value is -3.16. The number of hydrogen-bond acceptors (Lipinski definition) is 5. The Bertz CT molecular complexity index is 900.